The van der Waals surface area contributed by atoms with Crippen molar-refractivity contribution in [3.63, 3.8) is 0 Å². The van der Waals surface area contributed by atoms with E-state index < -0.39 is 42.3 Å². The Morgan fingerprint density at radius 3 is 1.87 bits per heavy atom. The van der Waals surface area contributed by atoms with Crippen LogP contribution in [0.3, 0.4) is 0 Å². The Labute approximate surface area is 85.5 Å². The third kappa shape index (κ3) is 3.64. The fraction of sp³-hybridized carbons (Fsp3) is 0.600. The summed E-state index contributed by atoms with van der Waals surface area (Å²) in [4.78, 5) is 0. The van der Waals surface area contributed by atoms with Gasteiger partial charge in [0.1, 0.15) is 13.3 Å². The molecule has 15 heavy (non-hydrogen) atoms. The van der Waals surface area contributed by atoms with E-state index in [1.54, 1.807) is 6.92 Å². The number of rotatable bonds is 5. The molecule has 0 saturated carbocycles. The van der Waals surface area contributed by atoms with Gasteiger partial charge >= 0.3 is 0 Å². The molecular formula is C10H13F5. The van der Waals surface area contributed by atoms with Crippen LogP contribution in [0.4, 0.5) is 22.0 Å². The van der Waals surface area contributed by atoms with Gasteiger partial charge in [0, 0.05) is 5.57 Å². The van der Waals surface area contributed by atoms with E-state index in [-0.39, 0.29) is 0 Å². The van der Waals surface area contributed by atoms with Crippen molar-refractivity contribution >= 4 is 0 Å². The summed E-state index contributed by atoms with van der Waals surface area (Å²) in [6.45, 7) is 0.184. The normalized spacial score (nSPS) is 17.0. The van der Waals surface area contributed by atoms with Crippen molar-refractivity contribution in [2.45, 2.75) is 20.3 Å². The second-order valence-electron chi connectivity index (χ2n) is 3.13. The summed E-state index contributed by atoms with van der Waals surface area (Å²) in [6.07, 6.45) is 0.386. The zero-order valence-corrected chi connectivity index (χ0v) is 8.59. The number of halogens is 5. The Morgan fingerprint density at radius 2 is 1.53 bits per heavy atom. The van der Waals surface area contributed by atoms with Gasteiger partial charge in [0.05, 0.1) is 0 Å². The van der Waals surface area contributed by atoms with E-state index in [2.05, 4.69) is 0 Å². The van der Waals surface area contributed by atoms with E-state index in [0.717, 1.165) is 0 Å². The number of allylic oxidation sites excluding steroid dienone is 4. The van der Waals surface area contributed by atoms with Gasteiger partial charge in [-0.3, -0.25) is 0 Å². The van der Waals surface area contributed by atoms with Gasteiger partial charge in [-0.25, -0.2) is 22.0 Å². The van der Waals surface area contributed by atoms with Crippen LogP contribution in [0.25, 0.3) is 0 Å². The van der Waals surface area contributed by atoms with E-state index >= 15 is 0 Å². The van der Waals surface area contributed by atoms with Crippen LogP contribution in [0.15, 0.2) is 23.1 Å². The molecule has 0 aromatic carbocycles. The predicted molar refractivity (Wildman–Crippen MR) is 48.8 cm³/mol. The Kier molecular flexibility index (Phi) is 6.20. The van der Waals surface area contributed by atoms with Gasteiger partial charge < -0.3 is 0 Å². The van der Waals surface area contributed by atoms with E-state index in [1.165, 1.54) is 6.92 Å². The monoisotopic (exact) mass is 228 g/mol. The van der Waals surface area contributed by atoms with Crippen LogP contribution in [-0.2, 0) is 0 Å². The summed E-state index contributed by atoms with van der Waals surface area (Å²) in [5.74, 6) is -5.96. The highest BCUT2D eigenvalue weighted by atomic mass is 19.2. The SMILES string of the molecule is CCC(C)/C(CF)=C(F)/C(F)=C(/F)CF. The lowest BCUT2D eigenvalue weighted by Crippen LogP contribution is -2.03. The minimum Gasteiger partial charge on any atom is -0.246 e. The van der Waals surface area contributed by atoms with Gasteiger partial charge in [-0.15, -0.1) is 0 Å². The zero-order valence-electron chi connectivity index (χ0n) is 8.59. The zero-order chi connectivity index (χ0) is 12.0. The first-order valence-electron chi connectivity index (χ1n) is 4.54. The first-order chi connectivity index (χ1) is 6.99. The molecule has 0 aliphatic rings. The molecule has 0 N–H and O–H groups in total. The van der Waals surface area contributed by atoms with Gasteiger partial charge in [0.25, 0.3) is 0 Å². The van der Waals surface area contributed by atoms with Crippen molar-refractivity contribution in [1.82, 2.24) is 0 Å². The molecule has 88 valence electrons. The maximum Gasteiger partial charge on any atom is 0.192 e. The Balaban J connectivity index is 5.20. The van der Waals surface area contributed by atoms with Crippen LogP contribution in [0.1, 0.15) is 20.3 Å². The first-order valence-corrected chi connectivity index (χ1v) is 4.54. The highest BCUT2D eigenvalue weighted by molar-refractivity contribution is 5.29. The number of hydrogen-bond acceptors (Lipinski definition) is 0. The molecule has 0 nitrogen and oxygen atoms in total. The molecule has 0 aromatic heterocycles. The highest BCUT2D eigenvalue weighted by Crippen LogP contribution is 2.28. The lowest BCUT2D eigenvalue weighted by molar-refractivity contribution is 0.406. The summed E-state index contributed by atoms with van der Waals surface area (Å²) in [5, 5.41) is 0. The summed E-state index contributed by atoms with van der Waals surface area (Å²) in [6, 6.07) is 0. The minimum atomic E-state index is -1.94. The van der Waals surface area contributed by atoms with Crippen molar-refractivity contribution in [3.8, 4) is 0 Å². The summed E-state index contributed by atoms with van der Waals surface area (Å²) in [5.41, 5.74) is -0.474. The van der Waals surface area contributed by atoms with Crippen LogP contribution in [0.2, 0.25) is 0 Å². The molecule has 0 saturated heterocycles. The lowest BCUT2D eigenvalue weighted by Gasteiger charge is -2.11. The van der Waals surface area contributed by atoms with Crippen molar-refractivity contribution in [3.05, 3.63) is 23.1 Å². The van der Waals surface area contributed by atoms with Gasteiger partial charge in [-0.05, 0) is 12.3 Å². The molecule has 0 heterocycles. The van der Waals surface area contributed by atoms with Gasteiger partial charge in [0.2, 0.25) is 0 Å². The van der Waals surface area contributed by atoms with Gasteiger partial charge in [0.15, 0.2) is 17.5 Å². The van der Waals surface area contributed by atoms with Gasteiger partial charge in [-0.2, -0.15) is 0 Å². The third-order valence-electron chi connectivity index (χ3n) is 2.18. The molecule has 0 bridgehead atoms. The van der Waals surface area contributed by atoms with Crippen LogP contribution < -0.4 is 0 Å². The first kappa shape index (κ1) is 14.1. The van der Waals surface area contributed by atoms with E-state index in [4.69, 9.17) is 0 Å². The fourth-order valence-corrected chi connectivity index (χ4v) is 0.972. The second-order valence-corrected chi connectivity index (χ2v) is 3.13. The maximum atomic E-state index is 13.1. The predicted octanol–water partition coefficient (Wildman–Crippen LogP) is 4.35. The summed E-state index contributed by atoms with van der Waals surface area (Å²) >= 11 is 0. The lowest BCUT2D eigenvalue weighted by atomic mass is 9.98. The molecular weight excluding hydrogens is 215 g/mol. The molecule has 0 aromatic rings. The van der Waals surface area contributed by atoms with E-state index in [9.17, 15) is 22.0 Å². The molecule has 0 spiro atoms. The Hall–Kier alpha value is -0.870. The standard InChI is InChI=1S/C10H13F5/c1-3-6(2)7(4-11)9(14)10(15)8(13)5-12/h6H,3-5H2,1-2H3/b9-7-,10-8-. The molecule has 0 aliphatic heterocycles. The molecule has 0 aliphatic carbocycles. The highest BCUT2D eigenvalue weighted by Gasteiger charge is 2.19. The molecule has 0 fully saturated rings. The largest absolute Gasteiger partial charge is 0.246 e. The number of hydrogen-bond donors (Lipinski definition) is 0. The smallest absolute Gasteiger partial charge is 0.192 e. The van der Waals surface area contributed by atoms with Gasteiger partial charge in [-0.1, -0.05) is 13.8 Å². The Morgan fingerprint density at radius 1 is 1.00 bits per heavy atom. The van der Waals surface area contributed by atoms with E-state index in [0.29, 0.717) is 6.42 Å². The Bertz CT molecular complexity index is 267. The molecule has 1 unspecified atom stereocenters. The van der Waals surface area contributed by atoms with Crippen molar-refractivity contribution < 1.29 is 22.0 Å². The van der Waals surface area contributed by atoms with Crippen LogP contribution in [-0.4, -0.2) is 13.3 Å². The average molecular weight is 228 g/mol. The average Bonchev–Trinajstić information content (AvgIpc) is 2.27. The summed E-state index contributed by atoms with van der Waals surface area (Å²) in [7, 11) is 0. The minimum absolute atomic E-state index is 0.386. The molecule has 0 rings (SSSR count). The van der Waals surface area contributed by atoms with Crippen molar-refractivity contribution in [2.24, 2.45) is 5.92 Å². The van der Waals surface area contributed by atoms with Crippen LogP contribution >= 0.6 is 0 Å². The maximum absolute atomic E-state index is 13.1. The van der Waals surface area contributed by atoms with Crippen molar-refractivity contribution in [2.75, 3.05) is 13.3 Å². The van der Waals surface area contributed by atoms with Crippen LogP contribution in [0, 0.1) is 5.92 Å². The van der Waals surface area contributed by atoms with Crippen molar-refractivity contribution in [1.29, 1.82) is 0 Å². The molecule has 1 atom stereocenters. The fourth-order valence-electron chi connectivity index (χ4n) is 0.972. The summed E-state index contributed by atoms with van der Waals surface area (Å²) < 4.78 is 62.4. The molecule has 0 radical (unpaired) electrons. The number of alkyl halides is 2. The topological polar surface area (TPSA) is 0 Å². The van der Waals surface area contributed by atoms with Crippen LogP contribution in [0.5, 0.6) is 0 Å². The molecule has 5 heteroatoms. The quantitative estimate of drug-likeness (QED) is 0.485. The molecule has 0 amide bonds. The second kappa shape index (κ2) is 6.58. The third-order valence-corrected chi connectivity index (χ3v) is 2.18. The van der Waals surface area contributed by atoms with E-state index in [1.807, 2.05) is 0 Å².